The number of carbonyl (C=O) groups excluding carboxylic acids is 1. The molecule has 1 saturated heterocycles. The minimum absolute atomic E-state index is 0.213. The first-order valence-corrected chi connectivity index (χ1v) is 12.1. The smallest absolute Gasteiger partial charge is 0.316 e. The van der Waals surface area contributed by atoms with Crippen molar-refractivity contribution in [1.82, 2.24) is 24.7 Å². The molecule has 1 aromatic carbocycles. The summed E-state index contributed by atoms with van der Waals surface area (Å²) >= 11 is 0. The summed E-state index contributed by atoms with van der Waals surface area (Å²) in [6, 6.07) is 6.48. The summed E-state index contributed by atoms with van der Waals surface area (Å²) in [5, 5.41) is 7.37. The molecule has 0 bridgehead atoms. The standard InChI is InChI=1S/C26H31N7O3/c1-6-36-22-9-18(14-33-13-17(4)29-24(22)33)30-25(34)19-7-8-21(32-11-15(2)28-16(3)12-32)20-10-27-26(35-5)31-23(19)20/h7-10,13-16,28H,6,11-12H2,1-5H3,(H,30,34)/t15-,16+. The van der Waals surface area contributed by atoms with Gasteiger partial charge in [0.2, 0.25) is 0 Å². The number of fused-ring (bicyclic) bond motifs is 2. The molecule has 4 heterocycles. The highest BCUT2D eigenvalue weighted by Crippen LogP contribution is 2.31. The van der Waals surface area contributed by atoms with Crippen molar-refractivity contribution in [3.8, 4) is 11.8 Å². The third-order valence-corrected chi connectivity index (χ3v) is 6.23. The summed E-state index contributed by atoms with van der Waals surface area (Å²) < 4.78 is 12.9. The van der Waals surface area contributed by atoms with Crippen molar-refractivity contribution in [2.24, 2.45) is 0 Å². The van der Waals surface area contributed by atoms with E-state index in [9.17, 15) is 4.79 Å². The Morgan fingerprint density at radius 1 is 1.19 bits per heavy atom. The number of aryl methyl sites for hydroxylation is 1. The van der Waals surface area contributed by atoms with Crippen molar-refractivity contribution < 1.29 is 14.3 Å². The minimum Gasteiger partial charge on any atom is -0.490 e. The second kappa shape index (κ2) is 9.62. The van der Waals surface area contributed by atoms with Gasteiger partial charge in [-0.05, 0) is 39.8 Å². The number of aromatic nitrogens is 4. The van der Waals surface area contributed by atoms with Crippen LogP contribution >= 0.6 is 0 Å². The van der Waals surface area contributed by atoms with Gasteiger partial charge in [0.15, 0.2) is 11.4 Å². The number of rotatable bonds is 6. The van der Waals surface area contributed by atoms with Crippen LogP contribution < -0.4 is 25.0 Å². The molecule has 4 aromatic rings. The molecular formula is C26H31N7O3. The maximum Gasteiger partial charge on any atom is 0.316 e. The lowest BCUT2D eigenvalue weighted by Gasteiger charge is -2.38. The number of nitrogens with one attached hydrogen (secondary N) is 2. The topological polar surface area (TPSA) is 106 Å². The maximum atomic E-state index is 13.5. The Bertz CT molecular complexity index is 1420. The van der Waals surface area contributed by atoms with Gasteiger partial charge >= 0.3 is 6.01 Å². The van der Waals surface area contributed by atoms with Crippen LogP contribution in [0.25, 0.3) is 16.6 Å². The zero-order chi connectivity index (χ0) is 25.4. The van der Waals surface area contributed by atoms with Crippen molar-refractivity contribution in [3.63, 3.8) is 0 Å². The Morgan fingerprint density at radius 3 is 2.69 bits per heavy atom. The quantitative estimate of drug-likeness (QED) is 0.424. The largest absolute Gasteiger partial charge is 0.490 e. The predicted octanol–water partition coefficient (Wildman–Crippen LogP) is 3.43. The van der Waals surface area contributed by atoms with Gasteiger partial charge in [0, 0.05) is 60.9 Å². The Kier molecular flexibility index (Phi) is 6.36. The predicted molar refractivity (Wildman–Crippen MR) is 139 cm³/mol. The van der Waals surface area contributed by atoms with Crippen LogP contribution in [0.1, 0.15) is 36.8 Å². The van der Waals surface area contributed by atoms with Crippen LogP contribution in [0.4, 0.5) is 11.4 Å². The zero-order valence-electron chi connectivity index (χ0n) is 21.2. The highest BCUT2D eigenvalue weighted by molar-refractivity contribution is 6.14. The van der Waals surface area contributed by atoms with Crippen molar-refractivity contribution >= 4 is 33.8 Å². The number of methoxy groups -OCH3 is 1. The van der Waals surface area contributed by atoms with Gasteiger partial charge in [-0.2, -0.15) is 4.98 Å². The second-order valence-electron chi connectivity index (χ2n) is 9.22. The number of pyridine rings is 1. The van der Waals surface area contributed by atoms with Crippen LogP contribution in [0.2, 0.25) is 0 Å². The van der Waals surface area contributed by atoms with Crippen LogP contribution in [0.15, 0.2) is 36.8 Å². The fraction of sp³-hybridized carbons (Fsp3) is 0.385. The number of hydrogen-bond acceptors (Lipinski definition) is 8. The van der Waals surface area contributed by atoms with Gasteiger partial charge in [-0.15, -0.1) is 0 Å². The molecule has 2 N–H and O–H groups in total. The van der Waals surface area contributed by atoms with E-state index in [1.54, 1.807) is 12.3 Å². The van der Waals surface area contributed by atoms with Crippen LogP contribution in [-0.4, -0.2) is 64.1 Å². The van der Waals surface area contributed by atoms with E-state index in [1.807, 2.05) is 42.8 Å². The average Bonchev–Trinajstić information content (AvgIpc) is 3.22. The van der Waals surface area contributed by atoms with Gasteiger partial charge < -0.3 is 29.4 Å². The minimum atomic E-state index is -0.284. The van der Waals surface area contributed by atoms with E-state index in [2.05, 4.69) is 44.3 Å². The Balaban J connectivity index is 1.54. The van der Waals surface area contributed by atoms with Crippen LogP contribution in [0.5, 0.6) is 11.8 Å². The first-order valence-electron chi connectivity index (χ1n) is 12.1. The molecule has 0 spiro atoms. The van der Waals surface area contributed by atoms with Crippen LogP contribution in [-0.2, 0) is 0 Å². The molecule has 1 aliphatic heterocycles. The Labute approximate surface area is 209 Å². The van der Waals surface area contributed by atoms with E-state index in [0.29, 0.717) is 46.9 Å². The molecule has 0 aliphatic carbocycles. The number of anilines is 2. The molecule has 10 nitrogen and oxygen atoms in total. The molecule has 3 aromatic heterocycles. The average molecular weight is 490 g/mol. The summed E-state index contributed by atoms with van der Waals surface area (Å²) in [4.78, 5) is 29.3. The van der Waals surface area contributed by atoms with Gasteiger partial charge in [0.05, 0.1) is 36.2 Å². The number of ether oxygens (including phenoxy) is 2. The molecule has 5 rings (SSSR count). The van der Waals surface area contributed by atoms with Crippen molar-refractivity contribution in [2.75, 3.05) is 37.0 Å². The Hall–Kier alpha value is -3.92. The number of piperazine rings is 1. The van der Waals surface area contributed by atoms with E-state index in [-0.39, 0.29) is 11.9 Å². The molecule has 188 valence electrons. The lowest BCUT2D eigenvalue weighted by Crippen LogP contribution is -2.54. The van der Waals surface area contributed by atoms with Crippen molar-refractivity contribution in [2.45, 2.75) is 39.8 Å². The first kappa shape index (κ1) is 23.8. The molecule has 36 heavy (non-hydrogen) atoms. The second-order valence-corrected chi connectivity index (χ2v) is 9.22. The molecule has 1 aliphatic rings. The third-order valence-electron chi connectivity index (χ3n) is 6.23. The number of hydrogen-bond donors (Lipinski definition) is 2. The van der Waals surface area contributed by atoms with Crippen molar-refractivity contribution in [3.05, 3.63) is 48.0 Å². The third kappa shape index (κ3) is 4.51. The fourth-order valence-electron chi connectivity index (χ4n) is 4.89. The number of amides is 1. The molecule has 0 saturated carbocycles. The molecule has 1 amide bonds. The molecule has 1 fully saturated rings. The lowest BCUT2D eigenvalue weighted by molar-refractivity contribution is 0.102. The first-order chi connectivity index (χ1) is 17.4. The van der Waals surface area contributed by atoms with Crippen molar-refractivity contribution in [1.29, 1.82) is 0 Å². The zero-order valence-corrected chi connectivity index (χ0v) is 21.2. The van der Waals surface area contributed by atoms with Gasteiger partial charge in [0.1, 0.15) is 0 Å². The molecule has 0 unspecified atom stereocenters. The number of carbonyl (C=O) groups is 1. The van der Waals surface area contributed by atoms with Gasteiger partial charge in [-0.3, -0.25) is 4.79 Å². The summed E-state index contributed by atoms with van der Waals surface area (Å²) in [6.45, 7) is 10.4. The highest BCUT2D eigenvalue weighted by atomic mass is 16.5. The molecular weight excluding hydrogens is 458 g/mol. The van der Waals surface area contributed by atoms with Crippen LogP contribution in [0.3, 0.4) is 0 Å². The SMILES string of the molecule is CCOc1cc(NC(=O)c2ccc(N3C[C@@H](C)N[C@@H](C)C3)c3cnc(OC)nc23)cn2cc(C)nc12. The molecule has 10 heteroatoms. The summed E-state index contributed by atoms with van der Waals surface area (Å²) in [6.07, 6.45) is 5.45. The van der Waals surface area contributed by atoms with Gasteiger partial charge in [-0.1, -0.05) is 0 Å². The monoisotopic (exact) mass is 489 g/mol. The normalized spacial score (nSPS) is 18.0. The van der Waals surface area contributed by atoms with E-state index in [0.717, 1.165) is 29.9 Å². The van der Waals surface area contributed by atoms with E-state index in [4.69, 9.17) is 9.47 Å². The number of benzene rings is 1. The highest BCUT2D eigenvalue weighted by Gasteiger charge is 2.25. The summed E-state index contributed by atoms with van der Waals surface area (Å²) in [7, 11) is 1.52. The summed E-state index contributed by atoms with van der Waals surface area (Å²) in [5.41, 5.74) is 4.14. The van der Waals surface area contributed by atoms with Gasteiger partial charge in [-0.25, -0.2) is 9.97 Å². The number of nitrogens with zero attached hydrogens (tertiary/aromatic N) is 5. The molecule has 2 atom stereocenters. The number of imidazole rings is 1. The Morgan fingerprint density at radius 2 is 1.97 bits per heavy atom. The van der Waals surface area contributed by atoms with E-state index >= 15 is 0 Å². The maximum absolute atomic E-state index is 13.5. The fourth-order valence-corrected chi connectivity index (χ4v) is 4.89. The van der Waals surface area contributed by atoms with Gasteiger partial charge in [0.25, 0.3) is 5.91 Å². The van der Waals surface area contributed by atoms with E-state index < -0.39 is 0 Å². The van der Waals surface area contributed by atoms with E-state index in [1.165, 1.54) is 7.11 Å². The molecule has 0 radical (unpaired) electrons. The lowest BCUT2D eigenvalue weighted by atomic mass is 10.0. The van der Waals surface area contributed by atoms with Crippen LogP contribution in [0, 0.1) is 6.92 Å². The summed E-state index contributed by atoms with van der Waals surface area (Å²) in [5.74, 6) is 0.322.